The third-order valence-corrected chi connectivity index (χ3v) is 33.2. The molecule has 0 aromatic rings. The van der Waals surface area contributed by atoms with Gasteiger partial charge in [0.15, 0.2) is 0 Å². The van der Waals surface area contributed by atoms with Crippen LogP contribution in [0.2, 0.25) is 0 Å². The quantitative estimate of drug-likeness (QED) is 0.107. The first-order valence-electron chi connectivity index (χ1n) is 64.8. The monoisotopic (exact) mass is 1820 g/mol. The van der Waals surface area contributed by atoms with Crippen molar-refractivity contribution in [3.63, 3.8) is 0 Å². The lowest BCUT2D eigenvalue weighted by Gasteiger charge is -2.38. The summed E-state index contributed by atoms with van der Waals surface area (Å²) < 4.78 is 0. The van der Waals surface area contributed by atoms with Crippen molar-refractivity contribution in [3.8, 4) is 0 Å². The second kappa shape index (κ2) is 118. The smallest absolute Gasteiger partial charge is 0.0297 e. The lowest BCUT2D eigenvalue weighted by atomic mass is 9.68. The minimum absolute atomic E-state index is 0.721. The van der Waals surface area contributed by atoms with Gasteiger partial charge in [0.05, 0.1) is 0 Å². The molecular formula is C130H260. The lowest BCUT2D eigenvalue weighted by molar-refractivity contribution is 0.146. The van der Waals surface area contributed by atoms with Gasteiger partial charge in [-0.2, -0.15) is 0 Å². The van der Waals surface area contributed by atoms with Crippen LogP contribution in [0.25, 0.3) is 0 Å². The van der Waals surface area contributed by atoms with Crippen molar-refractivity contribution in [2.24, 2.45) is 11.3 Å². The molecule has 0 aromatic carbocycles. The van der Waals surface area contributed by atoms with Gasteiger partial charge >= 0.3 is 0 Å². The average Bonchev–Trinajstić information content (AvgIpc) is 0.854. The molecule has 0 saturated heterocycles. The Bertz CT molecular complexity index is 1570. The Kier molecular flexibility index (Phi) is 116. The van der Waals surface area contributed by atoms with Gasteiger partial charge in [0.25, 0.3) is 0 Å². The Labute approximate surface area is 829 Å². The molecule has 0 amide bonds. The Morgan fingerprint density at radius 1 is 0.108 bits per heavy atom. The molecule has 130 heavy (non-hydrogen) atoms. The maximum Gasteiger partial charge on any atom is -0.0297 e. The average molecular weight is 1820 g/mol. The largest absolute Gasteiger partial charge is 0.0654 e. The summed E-state index contributed by atoms with van der Waals surface area (Å²) in [7, 11) is 0. The van der Waals surface area contributed by atoms with E-state index >= 15 is 0 Å². The lowest BCUT2D eigenvalue weighted by Crippen LogP contribution is -2.24. The fourth-order valence-corrected chi connectivity index (χ4v) is 23.9. The fourth-order valence-electron chi connectivity index (χ4n) is 23.9. The predicted molar refractivity (Wildman–Crippen MR) is 600 cm³/mol. The van der Waals surface area contributed by atoms with E-state index in [0.29, 0.717) is 0 Å². The Morgan fingerprint density at radius 3 is 0.346 bits per heavy atom. The van der Waals surface area contributed by atoms with Crippen LogP contribution in [0, 0.1) is 11.3 Å². The fraction of sp³-hybridized carbons (Fsp3) is 1.00. The standard InChI is InChI=1S/C33H64.C21H44.C20H40.C18H36.C12H24.C8H16.3C6H12/c1-2-28-33-29-23-20-18-16-14-12-10-8-6-4-3-5-7-9-11-13-15-17-19-21-25-32(27-31-33)26-22-24-30-33;1-3-5-7-9-11-13-15-17-19-21-20-18-16-14-12-10-8-6-4-2;1-2-4-6-8-10-12-14-16-18-20-19-17-15-13-11-9-7-5-3-1;1-2-4-6-8-10-12-14-16-18-17-15-13-11-9-7-5-3-1;1-2-4-6-8-10-12-11-9-7-5-3-1;1-2-4-6-8-7-5-3-1;3*1-2-4-6-5-3-1/h32H,2-31H2,1H3;3-21H2,1-2H3;1-20H2;1-18H2;1-12H2;1-8H2;3*1-6H2. The molecule has 2 unspecified atom stereocenters. The van der Waals surface area contributed by atoms with E-state index in [1.54, 1.807) is 38.5 Å². The first-order chi connectivity index (χ1) is 64.8. The van der Waals surface area contributed by atoms with Crippen LogP contribution in [-0.2, 0) is 0 Å². The van der Waals surface area contributed by atoms with Crippen LogP contribution in [0.4, 0.5) is 0 Å². The van der Waals surface area contributed by atoms with E-state index < -0.39 is 0 Å². The summed E-state index contributed by atoms with van der Waals surface area (Å²) in [6.07, 6.45) is 187. The van der Waals surface area contributed by atoms with Crippen molar-refractivity contribution in [1.29, 1.82) is 0 Å². The summed E-state index contributed by atoms with van der Waals surface area (Å²) in [6.45, 7) is 7.04. The Balaban J connectivity index is 0.000000773. The molecule has 0 aromatic heterocycles. The normalized spacial score (nSPS) is 23.5. The molecule has 9 fully saturated rings. The molecule has 9 aliphatic rings. The number of unbranched alkanes of at least 4 members (excludes halogenated alkanes) is 18. The van der Waals surface area contributed by atoms with Gasteiger partial charge < -0.3 is 0 Å². The van der Waals surface area contributed by atoms with E-state index in [9.17, 15) is 0 Å². The highest BCUT2D eigenvalue weighted by Gasteiger charge is 2.31. The van der Waals surface area contributed by atoms with E-state index in [0.717, 1.165) is 11.3 Å². The highest BCUT2D eigenvalue weighted by atomic mass is 14.4. The van der Waals surface area contributed by atoms with Gasteiger partial charge in [-0.3, -0.25) is 0 Å². The van der Waals surface area contributed by atoms with Crippen LogP contribution in [0.3, 0.4) is 0 Å². The molecule has 0 spiro atoms. The molecule has 0 heteroatoms. The Morgan fingerprint density at radius 2 is 0.215 bits per heavy atom. The summed E-state index contributed by atoms with van der Waals surface area (Å²) in [5.74, 6) is 1.06. The Hall–Kier alpha value is 0. The van der Waals surface area contributed by atoms with Gasteiger partial charge in [-0.15, -0.1) is 0 Å². The minimum atomic E-state index is 0.721. The predicted octanol–water partition coefficient (Wildman–Crippen LogP) is 50.4. The first kappa shape index (κ1) is 128. The molecule has 0 radical (unpaired) electrons. The van der Waals surface area contributed by atoms with Crippen LogP contribution in [0.5, 0.6) is 0 Å². The topological polar surface area (TPSA) is 0 Å². The number of rotatable bonds is 20. The van der Waals surface area contributed by atoms with Gasteiger partial charge in [-0.05, 0) is 43.4 Å². The van der Waals surface area contributed by atoms with E-state index in [2.05, 4.69) is 20.8 Å². The minimum Gasteiger partial charge on any atom is -0.0654 e. The highest BCUT2D eigenvalue weighted by Crippen LogP contribution is 2.45. The zero-order valence-corrected chi connectivity index (χ0v) is 92.5. The molecular weight excluding hydrogens is 1560 g/mol. The molecule has 2 bridgehead atoms. The van der Waals surface area contributed by atoms with Crippen molar-refractivity contribution in [1.82, 2.24) is 0 Å². The van der Waals surface area contributed by atoms with Gasteiger partial charge in [-0.25, -0.2) is 0 Å². The summed E-state index contributed by atoms with van der Waals surface area (Å²) in [5.41, 5.74) is 0.721. The number of hydrogen-bond donors (Lipinski definition) is 0. The molecule has 9 aliphatic carbocycles. The third-order valence-electron chi connectivity index (χ3n) is 33.2. The van der Waals surface area contributed by atoms with E-state index in [1.165, 1.54) is 764 Å². The van der Waals surface area contributed by atoms with Crippen LogP contribution in [0.15, 0.2) is 0 Å². The summed E-state index contributed by atoms with van der Waals surface area (Å²) in [6, 6.07) is 0. The second-order valence-corrected chi connectivity index (χ2v) is 46.4. The zero-order valence-electron chi connectivity index (χ0n) is 92.5. The van der Waals surface area contributed by atoms with Gasteiger partial charge in [-0.1, -0.05) is 791 Å². The maximum absolute atomic E-state index is 2.45. The molecule has 2 atom stereocenters. The van der Waals surface area contributed by atoms with E-state index in [-0.39, 0.29) is 0 Å². The summed E-state index contributed by atoms with van der Waals surface area (Å²) in [4.78, 5) is 0. The number of hydrogen-bond acceptors (Lipinski definition) is 0. The SMILES string of the molecule is C1CCCCC1.C1CCCCC1.C1CCCCC1.C1CCCCCCC1.C1CCCCCCCCCCC1.C1CCCCCCCCCCCCCCCCC1.C1CCCCCCCCCCCCCCCCCCC1.CCCC12CCCCCCCCCCCCCCCCCCCCCCC(CCCC1)CC2.CCCCCCCCCCCCCCCCCCCCC. The molecule has 9 saturated carbocycles. The molecule has 0 aliphatic heterocycles. The summed E-state index contributed by atoms with van der Waals surface area (Å²) >= 11 is 0. The van der Waals surface area contributed by atoms with Crippen LogP contribution in [-0.4, -0.2) is 0 Å². The van der Waals surface area contributed by atoms with Crippen LogP contribution < -0.4 is 0 Å². The van der Waals surface area contributed by atoms with Crippen molar-refractivity contribution in [2.75, 3.05) is 0 Å². The van der Waals surface area contributed by atoms with Crippen LogP contribution in [0.1, 0.15) is 823 Å². The van der Waals surface area contributed by atoms with E-state index in [4.69, 9.17) is 0 Å². The second-order valence-electron chi connectivity index (χ2n) is 46.4. The van der Waals surface area contributed by atoms with Gasteiger partial charge in [0.2, 0.25) is 0 Å². The first-order valence-corrected chi connectivity index (χ1v) is 64.8. The van der Waals surface area contributed by atoms with Crippen molar-refractivity contribution >= 4 is 0 Å². The third kappa shape index (κ3) is 108. The number of fused-ring (bicyclic) bond motifs is 3. The van der Waals surface area contributed by atoms with Crippen LogP contribution >= 0.6 is 0 Å². The highest BCUT2D eigenvalue weighted by molar-refractivity contribution is 4.83. The zero-order chi connectivity index (χ0) is 92.5. The van der Waals surface area contributed by atoms with Gasteiger partial charge in [0, 0.05) is 0 Å². The van der Waals surface area contributed by atoms with Crippen molar-refractivity contribution in [3.05, 3.63) is 0 Å². The van der Waals surface area contributed by atoms with E-state index in [1.807, 2.05) is 0 Å². The molecule has 0 nitrogen and oxygen atoms in total. The van der Waals surface area contributed by atoms with Crippen molar-refractivity contribution in [2.45, 2.75) is 823 Å². The van der Waals surface area contributed by atoms with Gasteiger partial charge in [0.1, 0.15) is 0 Å². The maximum atomic E-state index is 2.45. The van der Waals surface area contributed by atoms with Crippen molar-refractivity contribution < 1.29 is 0 Å². The molecule has 780 valence electrons. The molecule has 9 rings (SSSR count). The summed E-state index contributed by atoms with van der Waals surface area (Å²) in [5, 5.41) is 0. The molecule has 0 N–H and O–H groups in total. The molecule has 0 heterocycles.